The monoisotopic (exact) mass is 476 g/mol. The molecular weight excluding hydrogens is 452 g/mol. The molecule has 3 aromatic heterocycles. The third kappa shape index (κ3) is 4.63. The second-order valence-corrected chi connectivity index (χ2v) is 8.17. The lowest BCUT2D eigenvalue weighted by molar-refractivity contribution is -0.134. The van der Waals surface area contributed by atoms with Crippen LogP contribution in [-0.4, -0.2) is 73.3 Å². The van der Waals surface area contributed by atoms with Gasteiger partial charge in [0, 0.05) is 44.4 Å². The van der Waals surface area contributed by atoms with Gasteiger partial charge in [0.15, 0.2) is 11.4 Å². The van der Waals surface area contributed by atoms with Crippen LogP contribution in [0.2, 0.25) is 0 Å². The lowest BCUT2D eigenvalue weighted by atomic mass is 10.2. The highest BCUT2D eigenvalue weighted by Gasteiger charge is 2.26. The van der Waals surface area contributed by atoms with Crippen molar-refractivity contribution in [1.29, 1.82) is 0 Å². The van der Waals surface area contributed by atoms with E-state index in [1.54, 1.807) is 28.9 Å². The Hall–Kier alpha value is -4.48. The third-order valence-corrected chi connectivity index (χ3v) is 5.82. The molecule has 0 saturated carbocycles. The molecule has 3 amide bonds. The van der Waals surface area contributed by atoms with Crippen LogP contribution < -0.4 is 10.9 Å². The van der Waals surface area contributed by atoms with Crippen LogP contribution in [0.25, 0.3) is 16.6 Å². The van der Waals surface area contributed by atoms with Crippen LogP contribution >= 0.6 is 0 Å². The molecule has 0 bridgehead atoms. The number of para-hydroxylation sites is 1. The molecule has 12 nitrogen and oxygen atoms in total. The molecular formula is C23H24N8O4. The van der Waals surface area contributed by atoms with Crippen LogP contribution in [0, 0.1) is 6.92 Å². The van der Waals surface area contributed by atoms with E-state index < -0.39 is 0 Å². The number of nitrogens with one attached hydrogen (secondary N) is 2. The standard InChI is InChI=1S/C23H24N8O4/c1-15-24-21-16-5-2-3-6-17(16)25-23(31(21)28-15)27-26-19(32)8-9-20(33)29-10-12-30(13-11-29)22(34)18-7-4-14-35-18/h2-7,14H,8-13H2,1H3,(H,25,27)(H,26,32). The number of hydrogen-bond donors (Lipinski definition) is 2. The van der Waals surface area contributed by atoms with E-state index in [0.717, 1.165) is 5.39 Å². The van der Waals surface area contributed by atoms with Gasteiger partial charge in [-0.05, 0) is 31.2 Å². The number of benzene rings is 1. The number of piperazine rings is 1. The molecule has 1 aromatic carbocycles. The van der Waals surface area contributed by atoms with Crippen LogP contribution in [0.4, 0.5) is 5.95 Å². The van der Waals surface area contributed by atoms with Gasteiger partial charge in [0.2, 0.25) is 17.8 Å². The van der Waals surface area contributed by atoms with Crippen LogP contribution in [0.15, 0.2) is 47.1 Å². The predicted octanol–water partition coefficient (Wildman–Crippen LogP) is 1.39. The lowest BCUT2D eigenvalue weighted by Gasteiger charge is -2.34. The first-order chi connectivity index (χ1) is 17.0. The van der Waals surface area contributed by atoms with E-state index in [0.29, 0.717) is 49.1 Å². The maximum Gasteiger partial charge on any atom is 0.289 e. The van der Waals surface area contributed by atoms with Crippen molar-refractivity contribution < 1.29 is 18.8 Å². The first-order valence-corrected chi connectivity index (χ1v) is 11.3. The molecule has 2 N–H and O–H groups in total. The number of amides is 3. The number of aryl methyl sites for hydroxylation is 1. The summed E-state index contributed by atoms with van der Waals surface area (Å²) in [6.45, 7) is 3.44. The summed E-state index contributed by atoms with van der Waals surface area (Å²) in [4.78, 5) is 49.6. The number of carbonyl (C=O) groups excluding carboxylic acids is 3. The van der Waals surface area contributed by atoms with Gasteiger partial charge >= 0.3 is 0 Å². The minimum Gasteiger partial charge on any atom is -0.459 e. The van der Waals surface area contributed by atoms with Crippen molar-refractivity contribution in [1.82, 2.24) is 34.8 Å². The summed E-state index contributed by atoms with van der Waals surface area (Å²) in [6.07, 6.45) is 1.52. The number of anilines is 1. The molecule has 5 rings (SSSR count). The molecule has 0 spiro atoms. The highest BCUT2D eigenvalue weighted by molar-refractivity contribution is 5.93. The second kappa shape index (κ2) is 9.41. The number of furan rings is 1. The summed E-state index contributed by atoms with van der Waals surface area (Å²) in [5.41, 5.74) is 6.73. The SMILES string of the molecule is Cc1nc2c3ccccc3nc(NNC(=O)CCC(=O)N3CCN(C(=O)c4ccco4)CC3)n2n1. The first-order valence-electron chi connectivity index (χ1n) is 11.3. The summed E-state index contributed by atoms with van der Waals surface area (Å²) in [6, 6.07) is 10.8. The molecule has 4 aromatic rings. The average Bonchev–Trinajstić information content (AvgIpc) is 3.55. The second-order valence-electron chi connectivity index (χ2n) is 8.17. The van der Waals surface area contributed by atoms with Gasteiger partial charge in [0.25, 0.3) is 5.91 Å². The van der Waals surface area contributed by atoms with Gasteiger partial charge in [-0.3, -0.25) is 25.2 Å². The molecule has 1 aliphatic rings. The first kappa shape index (κ1) is 22.3. The molecule has 35 heavy (non-hydrogen) atoms. The van der Waals surface area contributed by atoms with E-state index in [9.17, 15) is 14.4 Å². The molecule has 0 unspecified atom stereocenters. The van der Waals surface area contributed by atoms with E-state index in [4.69, 9.17) is 4.42 Å². The minimum atomic E-state index is -0.357. The van der Waals surface area contributed by atoms with Crippen LogP contribution in [0.3, 0.4) is 0 Å². The summed E-state index contributed by atoms with van der Waals surface area (Å²) in [5.74, 6) is 0.499. The number of aromatic nitrogens is 4. The van der Waals surface area contributed by atoms with Gasteiger partial charge in [-0.2, -0.15) is 4.52 Å². The maximum absolute atomic E-state index is 12.6. The van der Waals surface area contributed by atoms with Gasteiger partial charge in [-0.25, -0.2) is 9.97 Å². The molecule has 180 valence electrons. The number of carbonyl (C=O) groups is 3. The Morgan fingerprint density at radius 1 is 0.971 bits per heavy atom. The average molecular weight is 476 g/mol. The fourth-order valence-electron chi connectivity index (χ4n) is 4.02. The van der Waals surface area contributed by atoms with Crippen molar-refractivity contribution in [3.63, 3.8) is 0 Å². The van der Waals surface area contributed by atoms with Gasteiger partial charge in [-0.15, -0.1) is 5.10 Å². The Labute approximate surface area is 199 Å². The molecule has 4 heterocycles. The van der Waals surface area contributed by atoms with E-state index in [-0.39, 0.29) is 36.3 Å². The summed E-state index contributed by atoms with van der Waals surface area (Å²) >= 11 is 0. The van der Waals surface area contributed by atoms with Gasteiger partial charge in [0.05, 0.1) is 11.8 Å². The van der Waals surface area contributed by atoms with Gasteiger partial charge in [-0.1, -0.05) is 12.1 Å². The molecule has 0 radical (unpaired) electrons. The Balaban J connectivity index is 1.13. The Morgan fingerprint density at radius 2 is 1.74 bits per heavy atom. The van der Waals surface area contributed by atoms with E-state index in [1.165, 1.54) is 10.8 Å². The van der Waals surface area contributed by atoms with Gasteiger partial charge in [0.1, 0.15) is 5.82 Å². The van der Waals surface area contributed by atoms with Crippen molar-refractivity contribution in [2.24, 2.45) is 0 Å². The van der Waals surface area contributed by atoms with Gasteiger partial charge < -0.3 is 14.2 Å². The number of hydrogen-bond acceptors (Lipinski definition) is 8. The molecule has 1 saturated heterocycles. The van der Waals surface area contributed by atoms with Crippen molar-refractivity contribution in [2.75, 3.05) is 31.6 Å². The minimum absolute atomic E-state index is 0.00445. The Kier molecular flexibility index (Phi) is 6.00. The quantitative estimate of drug-likeness (QED) is 0.398. The molecule has 0 atom stereocenters. The number of rotatable bonds is 6. The van der Waals surface area contributed by atoms with Crippen molar-refractivity contribution in [3.05, 3.63) is 54.2 Å². The fourth-order valence-corrected chi connectivity index (χ4v) is 4.02. The maximum atomic E-state index is 12.6. The van der Waals surface area contributed by atoms with Crippen molar-refractivity contribution >= 4 is 40.2 Å². The summed E-state index contributed by atoms with van der Waals surface area (Å²) < 4.78 is 6.69. The fraction of sp³-hybridized carbons (Fsp3) is 0.304. The summed E-state index contributed by atoms with van der Waals surface area (Å²) in [7, 11) is 0. The van der Waals surface area contributed by atoms with E-state index >= 15 is 0 Å². The lowest BCUT2D eigenvalue weighted by Crippen LogP contribution is -2.50. The molecule has 12 heteroatoms. The zero-order valence-electron chi connectivity index (χ0n) is 19.1. The normalized spacial score (nSPS) is 13.9. The predicted molar refractivity (Wildman–Crippen MR) is 125 cm³/mol. The van der Waals surface area contributed by atoms with Crippen molar-refractivity contribution in [2.45, 2.75) is 19.8 Å². The summed E-state index contributed by atoms with van der Waals surface area (Å²) in [5, 5.41) is 5.19. The topological polar surface area (TPSA) is 138 Å². The Bertz CT molecular complexity index is 1390. The van der Waals surface area contributed by atoms with Crippen LogP contribution in [0.5, 0.6) is 0 Å². The smallest absolute Gasteiger partial charge is 0.289 e. The largest absolute Gasteiger partial charge is 0.459 e. The molecule has 1 aliphatic heterocycles. The number of fused-ring (bicyclic) bond motifs is 3. The van der Waals surface area contributed by atoms with Crippen molar-refractivity contribution in [3.8, 4) is 0 Å². The highest BCUT2D eigenvalue weighted by atomic mass is 16.3. The highest BCUT2D eigenvalue weighted by Crippen LogP contribution is 2.20. The van der Waals surface area contributed by atoms with E-state index in [1.807, 2.05) is 24.3 Å². The van der Waals surface area contributed by atoms with Crippen LogP contribution in [-0.2, 0) is 9.59 Å². The Morgan fingerprint density at radius 3 is 2.51 bits per heavy atom. The molecule has 1 fully saturated rings. The van der Waals surface area contributed by atoms with E-state index in [2.05, 4.69) is 25.9 Å². The van der Waals surface area contributed by atoms with Crippen LogP contribution in [0.1, 0.15) is 29.2 Å². The third-order valence-electron chi connectivity index (χ3n) is 5.82. The number of hydrazine groups is 1. The molecule has 0 aliphatic carbocycles. The zero-order valence-corrected chi connectivity index (χ0v) is 19.1. The zero-order chi connectivity index (χ0) is 24.4. The number of nitrogens with zero attached hydrogens (tertiary/aromatic N) is 6.